The Morgan fingerprint density at radius 3 is 2.71 bits per heavy atom. The third-order valence-electron chi connectivity index (χ3n) is 3.19. The highest BCUT2D eigenvalue weighted by Gasteiger charge is 2.29. The Bertz CT molecular complexity index is 200. The van der Waals surface area contributed by atoms with Crippen LogP contribution in [-0.4, -0.2) is 30.3 Å². The van der Waals surface area contributed by atoms with E-state index in [0.717, 1.165) is 25.8 Å². The SMILES string of the molecule is CC(C)CN(C)C1CC(=O)CCC1C. The van der Waals surface area contributed by atoms with Crippen LogP contribution in [0, 0.1) is 11.8 Å². The van der Waals surface area contributed by atoms with Crippen molar-refractivity contribution in [1.82, 2.24) is 4.90 Å². The normalized spacial score (nSPS) is 28.9. The van der Waals surface area contributed by atoms with Gasteiger partial charge in [-0.3, -0.25) is 4.79 Å². The molecule has 0 bridgehead atoms. The van der Waals surface area contributed by atoms with E-state index >= 15 is 0 Å². The Morgan fingerprint density at radius 2 is 2.14 bits per heavy atom. The molecule has 82 valence electrons. The van der Waals surface area contributed by atoms with Crippen molar-refractivity contribution in [3.63, 3.8) is 0 Å². The lowest BCUT2D eigenvalue weighted by atomic mass is 9.84. The molecule has 0 heterocycles. The molecule has 0 radical (unpaired) electrons. The molecule has 1 rings (SSSR count). The van der Waals surface area contributed by atoms with Crippen LogP contribution in [0.2, 0.25) is 0 Å². The van der Waals surface area contributed by atoms with Crippen molar-refractivity contribution in [2.24, 2.45) is 11.8 Å². The first-order valence-electron chi connectivity index (χ1n) is 5.72. The van der Waals surface area contributed by atoms with Crippen molar-refractivity contribution in [1.29, 1.82) is 0 Å². The summed E-state index contributed by atoms with van der Waals surface area (Å²) >= 11 is 0. The summed E-state index contributed by atoms with van der Waals surface area (Å²) in [5.41, 5.74) is 0. The van der Waals surface area contributed by atoms with Crippen molar-refractivity contribution in [2.45, 2.75) is 46.1 Å². The highest BCUT2D eigenvalue weighted by molar-refractivity contribution is 5.79. The van der Waals surface area contributed by atoms with Gasteiger partial charge in [-0.05, 0) is 25.3 Å². The maximum Gasteiger partial charge on any atom is 0.134 e. The van der Waals surface area contributed by atoms with E-state index in [1.165, 1.54) is 0 Å². The minimum atomic E-state index is 0.448. The second-order valence-corrected chi connectivity index (χ2v) is 5.16. The molecule has 0 aromatic carbocycles. The largest absolute Gasteiger partial charge is 0.302 e. The molecule has 0 N–H and O–H groups in total. The molecule has 0 saturated heterocycles. The van der Waals surface area contributed by atoms with Crippen molar-refractivity contribution < 1.29 is 4.79 Å². The molecule has 0 aliphatic heterocycles. The average molecular weight is 197 g/mol. The number of nitrogens with zero attached hydrogens (tertiary/aromatic N) is 1. The van der Waals surface area contributed by atoms with Gasteiger partial charge in [0.2, 0.25) is 0 Å². The van der Waals surface area contributed by atoms with E-state index in [9.17, 15) is 4.79 Å². The van der Waals surface area contributed by atoms with Gasteiger partial charge in [-0.1, -0.05) is 20.8 Å². The van der Waals surface area contributed by atoms with E-state index < -0.39 is 0 Å². The summed E-state index contributed by atoms with van der Waals surface area (Å²) in [4.78, 5) is 13.8. The molecule has 1 aliphatic carbocycles. The molecule has 0 aromatic heterocycles. The summed E-state index contributed by atoms with van der Waals surface area (Å²) in [6.07, 6.45) is 2.64. The molecule has 2 atom stereocenters. The zero-order chi connectivity index (χ0) is 10.7. The van der Waals surface area contributed by atoms with Crippen LogP contribution in [0.4, 0.5) is 0 Å². The number of carbonyl (C=O) groups excluding carboxylic acids is 1. The number of hydrogen-bond acceptors (Lipinski definition) is 2. The van der Waals surface area contributed by atoms with E-state index in [-0.39, 0.29) is 0 Å². The zero-order valence-electron chi connectivity index (χ0n) is 9.92. The first-order valence-corrected chi connectivity index (χ1v) is 5.72. The second-order valence-electron chi connectivity index (χ2n) is 5.16. The topological polar surface area (TPSA) is 20.3 Å². The molecule has 2 heteroatoms. The van der Waals surface area contributed by atoms with Gasteiger partial charge in [-0.2, -0.15) is 0 Å². The number of ketones is 1. The number of Topliss-reactive ketones (excluding diaryl/α,β-unsaturated/α-hetero) is 1. The molecular weight excluding hydrogens is 174 g/mol. The van der Waals surface area contributed by atoms with Gasteiger partial charge >= 0.3 is 0 Å². The molecule has 2 unspecified atom stereocenters. The van der Waals surface area contributed by atoms with Crippen LogP contribution in [0.1, 0.15) is 40.0 Å². The smallest absolute Gasteiger partial charge is 0.134 e. The predicted octanol–water partition coefficient (Wildman–Crippen LogP) is 2.33. The van der Waals surface area contributed by atoms with Crippen LogP contribution in [-0.2, 0) is 4.79 Å². The minimum Gasteiger partial charge on any atom is -0.302 e. The van der Waals surface area contributed by atoms with E-state index in [4.69, 9.17) is 0 Å². The Kier molecular flexibility index (Phi) is 4.11. The molecule has 0 amide bonds. The highest BCUT2D eigenvalue weighted by atomic mass is 16.1. The maximum atomic E-state index is 11.4. The molecule has 0 aromatic rings. The van der Waals surface area contributed by atoms with Gasteiger partial charge in [0, 0.05) is 25.4 Å². The molecule has 1 saturated carbocycles. The van der Waals surface area contributed by atoms with E-state index in [0.29, 0.717) is 23.7 Å². The van der Waals surface area contributed by atoms with Crippen molar-refractivity contribution >= 4 is 5.78 Å². The third kappa shape index (κ3) is 3.09. The van der Waals surface area contributed by atoms with Gasteiger partial charge in [0.25, 0.3) is 0 Å². The van der Waals surface area contributed by atoms with Crippen LogP contribution in [0.5, 0.6) is 0 Å². The Morgan fingerprint density at radius 1 is 1.50 bits per heavy atom. The van der Waals surface area contributed by atoms with Gasteiger partial charge in [0.15, 0.2) is 0 Å². The Hall–Kier alpha value is -0.370. The zero-order valence-corrected chi connectivity index (χ0v) is 9.92. The first-order chi connectivity index (χ1) is 6.50. The predicted molar refractivity (Wildman–Crippen MR) is 59.3 cm³/mol. The lowest BCUT2D eigenvalue weighted by Gasteiger charge is -2.36. The fraction of sp³-hybridized carbons (Fsp3) is 0.917. The maximum absolute atomic E-state index is 11.4. The standard InChI is InChI=1S/C12H23NO/c1-9(2)8-13(4)12-7-11(14)6-5-10(12)3/h9-10,12H,5-8H2,1-4H3. The summed E-state index contributed by atoms with van der Waals surface area (Å²) in [6.45, 7) is 7.83. The summed E-state index contributed by atoms with van der Waals surface area (Å²) in [5, 5.41) is 0. The minimum absolute atomic E-state index is 0.448. The van der Waals surface area contributed by atoms with E-state index in [1.807, 2.05) is 0 Å². The second kappa shape index (κ2) is 4.92. The van der Waals surface area contributed by atoms with Gasteiger partial charge in [0.1, 0.15) is 5.78 Å². The van der Waals surface area contributed by atoms with E-state index in [2.05, 4.69) is 32.7 Å². The number of carbonyl (C=O) groups is 1. The van der Waals surface area contributed by atoms with Crippen molar-refractivity contribution in [2.75, 3.05) is 13.6 Å². The Balaban J connectivity index is 2.51. The monoisotopic (exact) mass is 197 g/mol. The van der Waals surface area contributed by atoms with Crippen LogP contribution < -0.4 is 0 Å². The Labute approximate surface area is 87.7 Å². The molecule has 1 aliphatic rings. The highest BCUT2D eigenvalue weighted by Crippen LogP contribution is 2.25. The first kappa shape index (κ1) is 11.7. The van der Waals surface area contributed by atoms with Crippen LogP contribution >= 0.6 is 0 Å². The van der Waals surface area contributed by atoms with Crippen LogP contribution in [0.15, 0.2) is 0 Å². The average Bonchev–Trinajstić information content (AvgIpc) is 2.08. The third-order valence-corrected chi connectivity index (χ3v) is 3.19. The summed E-state index contributed by atoms with van der Waals surface area (Å²) in [7, 11) is 2.15. The summed E-state index contributed by atoms with van der Waals surface area (Å²) in [6, 6.07) is 0.485. The molecule has 1 fully saturated rings. The molecular formula is C12H23NO. The van der Waals surface area contributed by atoms with Crippen LogP contribution in [0.3, 0.4) is 0 Å². The lowest BCUT2D eigenvalue weighted by molar-refractivity contribution is -0.123. The lowest BCUT2D eigenvalue weighted by Crippen LogP contribution is -2.43. The number of rotatable bonds is 3. The summed E-state index contributed by atoms with van der Waals surface area (Å²) < 4.78 is 0. The van der Waals surface area contributed by atoms with Gasteiger partial charge < -0.3 is 4.90 Å². The van der Waals surface area contributed by atoms with Gasteiger partial charge in [0.05, 0.1) is 0 Å². The van der Waals surface area contributed by atoms with Gasteiger partial charge in [-0.25, -0.2) is 0 Å². The fourth-order valence-electron chi connectivity index (χ4n) is 2.42. The van der Waals surface area contributed by atoms with Crippen molar-refractivity contribution in [3.8, 4) is 0 Å². The quantitative estimate of drug-likeness (QED) is 0.692. The van der Waals surface area contributed by atoms with Crippen LogP contribution in [0.25, 0.3) is 0 Å². The van der Waals surface area contributed by atoms with Crippen molar-refractivity contribution in [3.05, 3.63) is 0 Å². The number of hydrogen-bond donors (Lipinski definition) is 0. The van der Waals surface area contributed by atoms with Gasteiger partial charge in [-0.15, -0.1) is 0 Å². The molecule has 2 nitrogen and oxygen atoms in total. The van der Waals surface area contributed by atoms with E-state index in [1.54, 1.807) is 0 Å². The molecule has 0 spiro atoms. The fourth-order valence-corrected chi connectivity index (χ4v) is 2.42. The molecule has 14 heavy (non-hydrogen) atoms. The summed E-state index contributed by atoms with van der Waals surface area (Å²) in [5.74, 6) is 1.81.